The molecular weight excluding hydrogens is 360 g/mol. The monoisotopic (exact) mass is 404 g/mol. The normalized spacial score (nSPS) is 44.3. The Bertz CT molecular complexity index is 625. The van der Waals surface area contributed by atoms with Gasteiger partial charge in [0.15, 0.2) is 0 Å². The van der Waals surface area contributed by atoms with Gasteiger partial charge in [-0.2, -0.15) is 0 Å². The molecule has 3 heteroatoms. The first-order chi connectivity index (χ1) is 13.8. The number of fused-ring (bicyclic) bond motifs is 5. The number of carbonyl (C=O) groups is 1. The van der Waals surface area contributed by atoms with Gasteiger partial charge in [0.2, 0.25) is 0 Å². The number of hydrogen-bond donors (Lipinski definition) is 2. The molecule has 0 aromatic rings. The van der Waals surface area contributed by atoms with Crippen molar-refractivity contribution in [1.29, 1.82) is 0 Å². The van der Waals surface area contributed by atoms with Gasteiger partial charge in [-0.25, -0.2) is 0 Å². The average Bonchev–Trinajstić information content (AvgIpc) is 3.05. The van der Waals surface area contributed by atoms with Crippen LogP contribution in [-0.4, -0.2) is 22.3 Å². The SMILES string of the molecule is CC.C[C@H](CCC(=O)O)C1CCC2C3CC=C4CC(O)CCC4(C)C3CCC21C. The fraction of sp³-hybridized carbons (Fsp3) is 0.885. The first-order valence-electron chi connectivity index (χ1n) is 12.3. The fourth-order valence-corrected chi connectivity index (χ4v) is 8.17. The van der Waals surface area contributed by atoms with Crippen molar-refractivity contribution in [2.45, 2.75) is 105 Å². The minimum atomic E-state index is -0.650. The predicted molar refractivity (Wildman–Crippen MR) is 119 cm³/mol. The zero-order valence-corrected chi connectivity index (χ0v) is 19.4. The summed E-state index contributed by atoms with van der Waals surface area (Å²) < 4.78 is 0. The third kappa shape index (κ3) is 3.93. The van der Waals surface area contributed by atoms with E-state index in [1.807, 2.05) is 13.8 Å². The van der Waals surface area contributed by atoms with E-state index >= 15 is 0 Å². The second-order valence-electron chi connectivity index (χ2n) is 10.8. The summed E-state index contributed by atoms with van der Waals surface area (Å²) in [6.45, 7) is 11.3. The smallest absolute Gasteiger partial charge is 0.303 e. The van der Waals surface area contributed by atoms with Crippen molar-refractivity contribution in [3.63, 3.8) is 0 Å². The van der Waals surface area contributed by atoms with Gasteiger partial charge < -0.3 is 10.2 Å². The van der Waals surface area contributed by atoms with E-state index < -0.39 is 5.97 Å². The van der Waals surface area contributed by atoms with E-state index in [0.29, 0.717) is 29.1 Å². The Hall–Kier alpha value is -0.830. The Morgan fingerprint density at radius 3 is 2.55 bits per heavy atom. The topological polar surface area (TPSA) is 57.5 Å². The minimum Gasteiger partial charge on any atom is -0.481 e. The Kier molecular flexibility index (Phi) is 6.88. The summed E-state index contributed by atoms with van der Waals surface area (Å²) in [7, 11) is 0. The second-order valence-corrected chi connectivity index (χ2v) is 10.8. The Morgan fingerprint density at radius 2 is 1.86 bits per heavy atom. The summed E-state index contributed by atoms with van der Waals surface area (Å²) in [6, 6.07) is 0. The lowest BCUT2D eigenvalue weighted by Crippen LogP contribution is -2.50. The van der Waals surface area contributed by atoms with Gasteiger partial charge in [-0.15, -0.1) is 0 Å². The summed E-state index contributed by atoms with van der Waals surface area (Å²) in [5, 5.41) is 19.2. The second kappa shape index (κ2) is 8.73. The van der Waals surface area contributed by atoms with E-state index in [-0.39, 0.29) is 6.10 Å². The number of aliphatic hydroxyl groups excluding tert-OH is 1. The molecule has 0 saturated heterocycles. The molecule has 4 aliphatic rings. The maximum absolute atomic E-state index is 11.0. The quantitative estimate of drug-likeness (QED) is 0.529. The number of aliphatic carboxylic acids is 1. The van der Waals surface area contributed by atoms with Crippen LogP contribution in [0.25, 0.3) is 0 Å². The van der Waals surface area contributed by atoms with E-state index in [2.05, 4.69) is 26.8 Å². The van der Waals surface area contributed by atoms with Crippen LogP contribution in [0.15, 0.2) is 11.6 Å². The first-order valence-corrected chi connectivity index (χ1v) is 12.3. The molecule has 4 rings (SSSR count). The third-order valence-electron chi connectivity index (χ3n) is 9.65. The highest BCUT2D eigenvalue weighted by Gasteiger charge is 2.59. The van der Waals surface area contributed by atoms with Gasteiger partial charge in [0.1, 0.15) is 0 Å². The molecule has 7 unspecified atom stereocenters. The van der Waals surface area contributed by atoms with Gasteiger partial charge in [0, 0.05) is 6.42 Å². The van der Waals surface area contributed by atoms with Crippen LogP contribution in [0.1, 0.15) is 98.8 Å². The van der Waals surface area contributed by atoms with Gasteiger partial charge in [-0.3, -0.25) is 4.79 Å². The van der Waals surface area contributed by atoms with Crippen LogP contribution in [0.5, 0.6) is 0 Å². The van der Waals surface area contributed by atoms with Crippen molar-refractivity contribution in [2.75, 3.05) is 0 Å². The Morgan fingerprint density at radius 1 is 1.14 bits per heavy atom. The van der Waals surface area contributed by atoms with Crippen LogP contribution < -0.4 is 0 Å². The summed E-state index contributed by atoms with van der Waals surface area (Å²) in [4.78, 5) is 11.0. The number of hydrogen-bond acceptors (Lipinski definition) is 2. The Balaban J connectivity index is 0.00000117. The lowest BCUT2D eigenvalue weighted by molar-refractivity contribution is -0.137. The van der Waals surface area contributed by atoms with Crippen molar-refractivity contribution in [1.82, 2.24) is 0 Å². The standard InChI is InChI=1S/C24H38O3.C2H6/c1-15(4-9-22(26)27)19-7-8-20-18-6-5-16-14-17(25)10-12-23(16,2)21(18)11-13-24(19,20)3;1-2/h5,15,17-21,25H,4,6-14H2,1-3H3,(H,26,27);1-2H3/t15-,17?,18?,19?,20?,21?,23?,24?;/m1./s1. The molecule has 0 radical (unpaired) electrons. The zero-order valence-electron chi connectivity index (χ0n) is 19.4. The number of allylic oxidation sites excluding steroid dienone is 1. The van der Waals surface area contributed by atoms with E-state index in [1.54, 1.807) is 5.57 Å². The summed E-state index contributed by atoms with van der Waals surface area (Å²) in [5.74, 6) is 2.94. The summed E-state index contributed by atoms with van der Waals surface area (Å²) in [5.41, 5.74) is 2.27. The molecule has 3 nitrogen and oxygen atoms in total. The molecule has 0 heterocycles. The van der Waals surface area contributed by atoms with Crippen molar-refractivity contribution < 1.29 is 15.0 Å². The maximum atomic E-state index is 11.0. The van der Waals surface area contributed by atoms with Crippen molar-refractivity contribution in [3.8, 4) is 0 Å². The fourth-order valence-electron chi connectivity index (χ4n) is 8.17. The van der Waals surface area contributed by atoms with E-state index in [9.17, 15) is 9.90 Å². The lowest BCUT2D eigenvalue weighted by Gasteiger charge is -2.58. The molecule has 29 heavy (non-hydrogen) atoms. The molecule has 0 amide bonds. The van der Waals surface area contributed by atoms with Crippen LogP contribution in [0, 0.1) is 40.4 Å². The third-order valence-corrected chi connectivity index (χ3v) is 9.65. The van der Waals surface area contributed by atoms with Crippen LogP contribution in [0.4, 0.5) is 0 Å². The van der Waals surface area contributed by atoms with Gasteiger partial charge >= 0.3 is 5.97 Å². The molecule has 0 aromatic carbocycles. The molecule has 0 aromatic heterocycles. The minimum absolute atomic E-state index is 0.124. The molecule has 166 valence electrons. The highest BCUT2D eigenvalue weighted by atomic mass is 16.4. The van der Waals surface area contributed by atoms with Crippen LogP contribution in [0.2, 0.25) is 0 Å². The highest BCUT2D eigenvalue weighted by Crippen LogP contribution is 2.67. The van der Waals surface area contributed by atoms with Crippen molar-refractivity contribution in [2.24, 2.45) is 40.4 Å². The molecule has 0 spiro atoms. The molecule has 3 fully saturated rings. The van der Waals surface area contributed by atoms with Crippen molar-refractivity contribution in [3.05, 3.63) is 11.6 Å². The van der Waals surface area contributed by atoms with E-state index in [1.165, 1.54) is 32.1 Å². The van der Waals surface area contributed by atoms with E-state index in [4.69, 9.17) is 5.11 Å². The van der Waals surface area contributed by atoms with E-state index in [0.717, 1.165) is 43.4 Å². The first kappa shape index (κ1) is 22.8. The van der Waals surface area contributed by atoms with Crippen molar-refractivity contribution >= 4 is 5.97 Å². The van der Waals surface area contributed by atoms with Gasteiger partial charge in [-0.1, -0.05) is 46.3 Å². The van der Waals surface area contributed by atoms with Gasteiger partial charge in [0.05, 0.1) is 6.10 Å². The molecule has 0 aliphatic heterocycles. The molecule has 0 bridgehead atoms. The highest BCUT2D eigenvalue weighted by molar-refractivity contribution is 5.66. The largest absolute Gasteiger partial charge is 0.481 e. The lowest BCUT2D eigenvalue weighted by atomic mass is 9.47. The van der Waals surface area contributed by atoms with Crippen LogP contribution >= 0.6 is 0 Å². The molecule has 3 saturated carbocycles. The number of aliphatic hydroxyl groups is 1. The van der Waals surface area contributed by atoms with Gasteiger partial charge in [-0.05, 0) is 98.2 Å². The van der Waals surface area contributed by atoms with Gasteiger partial charge in [0.25, 0.3) is 0 Å². The average molecular weight is 405 g/mol. The molecule has 2 N–H and O–H groups in total. The molecular formula is C26H44O3. The zero-order chi connectivity index (χ0) is 21.4. The number of carboxylic acids is 1. The maximum Gasteiger partial charge on any atom is 0.303 e. The number of rotatable bonds is 4. The molecule has 8 atom stereocenters. The Labute approximate surface area is 178 Å². The number of carboxylic acid groups (broad SMARTS) is 1. The van der Waals surface area contributed by atoms with Crippen LogP contribution in [-0.2, 0) is 4.79 Å². The van der Waals surface area contributed by atoms with Crippen LogP contribution in [0.3, 0.4) is 0 Å². The molecule has 4 aliphatic carbocycles. The predicted octanol–water partition coefficient (Wildman–Crippen LogP) is 6.45. The summed E-state index contributed by atoms with van der Waals surface area (Å²) in [6.07, 6.45) is 13.0. The summed E-state index contributed by atoms with van der Waals surface area (Å²) >= 11 is 0.